The van der Waals surface area contributed by atoms with Crippen LogP contribution in [0.4, 0.5) is 0 Å². The summed E-state index contributed by atoms with van der Waals surface area (Å²) in [5.41, 5.74) is 5.17. The van der Waals surface area contributed by atoms with E-state index in [0.29, 0.717) is 11.8 Å². The fourth-order valence-corrected chi connectivity index (χ4v) is 5.66. The Kier molecular flexibility index (Phi) is 21.1. The summed E-state index contributed by atoms with van der Waals surface area (Å²) in [5.74, 6) is 3.11. The summed E-state index contributed by atoms with van der Waals surface area (Å²) in [6, 6.07) is 13.2. The molecule has 0 radical (unpaired) electrons. The molecule has 6 heteroatoms. The highest BCUT2D eigenvalue weighted by molar-refractivity contribution is 5.39. The van der Waals surface area contributed by atoms with Crippen molar-refractivity contribution in [2.75, 3.05) is 67.6 Å². The van der Waals surface area contributed by atoms with Gasteiger partial charge in [0.25, 0.3) is 0 Å². The zero-order chi connectivity index (χ0) is 31.2. The van der Waals surface area contributed by atoms with Crippen molar-refractivity contribution in [2.24, 2.45) is 0 Å². The second-order valence-electron chi connectivity index (χ2n) is 14.7. The summed E-state index contributed by atoms with van der Waals surface area (Å²) < 4.78 is 14.6. The van der Waals surface area contributed by atoms with Crippen LogP contribution < -0.4 is 43.4 Å². The summed E-state index contributed by atoms with van der Waals surface area (Å²) in [5, 5.41) is 0. The van der Waals surface area contributed by atoms with Crippen molar-refractivity contribution >= 4 is 0 Å². The van der Waals surface area contributed by atoms with E-state index in [4.69, 9.17) is 9.47 Å². The molecule has 0 heterocycles. The fraction of sp³-hybridized carbons (Fsp3) is 0.684. The number of hydrogen-bond acceptors (Lipinski definition) is 2. The first-order valence-corrected chi connectivity index (χ1v) is 16.9. The molecule has 4 nitrogen and oxygen atoms in total. The summed E-state index contributed by atoms with van der Waals surface area (Å²) in [6.45, 7) is 19.4. The number of hydrogen-bond donors (Lipinski definition) is 0. The molecule has 0 aromatic heterocycles. The van der Waals surface area contributed by atoms with Gasteiger partial charge in [-0.1, -0.05) is 77.6 Å². The molecule has 2 rings (SSSR count). The molecule has 0 atom stereocenters. The standard InChI is InChI=1S/C38H66N2O2.2BrH/c1-31(2)35-21-19-33(5)29-37(35)41-27-25-39(7,8)23-17-15-13-11-12-14-16-18-24-40(9,10)26-28-42-38-30-34(6)20-22-36(38)32(3)4;;/h19-22,29-32H,11-18,23-28H2,1-10H3;2*1H/q+2;;/p-2. The van der Waals surface area contributed by atoms with E-state index in [2.05, 4.69) is 106 Å². The molecule has 0 N–H and O–H groups in total. The van der Waals surface area contributed by atoms with Crippen LogP contribution in [0.25, 0.3) is 0 Å². The van der Waals surface area contributed by atoms with Gasteiger partial charge in [0, 0.05) is 0 Å². The second-order valence-corrected chi connectivity index (χ2v) is 14.7. The highest BCUT2D eigenvalue weighted by Crippen LogP contribution is 2.28. The molecule has 2 aromatic carbocycles. The molecule has 0 bridgehead atoms. The first-order chi connectivity index (χ1) is 19.8. The highest BCUT2D eigenvalue weighted by Gasteiger charge is 2.17. The van der Waals surface area contributed by atoms with E-state index in [9.17, 15) is 0 Å². The number of halogens is 2. The van der Waals surface area contributed by atoms with E-state index in [-0.39, 0.29) is 34.0 Å². The van der Waals surface area contributed by atoms with Gasteiger partial charge in [-0.2, -0.15) is 0 Å². The first kappa shape index (κ1) is 42.9. The SMILES string of the molecule is Cc1ccc(C(C)C)c(OCC[N+](C)(C)CCCCCCCCCC[N+](C)(C)CCOc2cc(C)ccc2C(C)C)c1.[Br-].[Br-]. The van der Waals surface area contributed by atoms with Crippen molar-refractivity contribution in [3.8, 4) is 11.5 Å². The van der Waals surface area contributed by atoms with E-state index in [1.807, 2.05) is 0 Å². The highest BCUT2D eigenvalue weighted by atomic mass is 79.9. The number of aryl methyl sites for hydroxylation is 2. The number of unbranched alkanes of at least 4 members (excludes halogenated alkanes) is 7. The number of ether oxygens (including phenoxy) is 2. The van der Waals surface area contributed by atoms with Crippen LogP contribution in [0.3, 0.4) is 0 Å². The van der Waals surface area contributed by atoms with Crippen molar-refractivity contribution in [2.45, 2.75) is 105 Å². The van der Waals surface area contributed by atoms with Crippen molar-refractivity contribution in [1.82, 2.24) is 0 Å². The van der Waals surface area contributed by atoms with Gasteiger partial charge in [0.05, 0.1) is 41.3 Å². The maximum Gasteiger partial charge on any atom is 0.137 e. The van der Waals surface area contributed by atoms with E-state index in [1.54, 1.807) is 0 Å². The molecule has 2 aromatic rings. The number of nitrogens with zero attached hydrogens (tertiary/aromatic N) is 2. The maximum atomic E-state index is 6.26. The number of quaternary nitrogens is 2. The minimum absolute atomic E-state index is 0. The first-order valence-electron chi connectivity index (χ1n) is 16.9. The fourth-order valence-electron chi connectivity index (χ4n) is 5.66. The number of likely N-dealkylation sites (N-methyl/N-ethyl adjacent to an activating group) is 2. The third kappa shape index (κ3) is 17.0. The van der Waals surface area contributed by atoms with Crippen molar-refractivity contribution in [3.63, 3.8) is 0 Å². The molecular formula is C38H66Br2N2O2. The molecule has 0 unspecified atom stereocenters. The summed E-state index contributed by atoms with van der Waals surface area (Å²) in [6.07, 6.45) is 10.8. The predicted octanol–water partition coefficient (Wildman–Crippen LogP) is 3.29. The van der Waals surface area contributed by atoms with Gasteiger partial charge < -0.3 is 52.4 Å². The normalized spacial score (nSPS) is 11.8. The minimum Gasteiger partial charge on any atom is -1.00 e. The molecule has 0 aliphatic carbocycles. The van der Waals surface area contributed by atoms with Crippen LogP contribution in [0, 0.1) is 13.8 Å². The quantitative estimate of drug-likeness (QED) is 0.145. The zero-order valence-corrected chi connectivity index (χ0v) is 33.2. The topological polar surface area (TPSA) is 18.5 Å². The Hall–Kier alpha value is -1.08. The minimum atomic E-state index is 0. The van der Waals surface area contributed by atoms with Crippen LogP contribution in [0.15, 0.2) is 36.4 Å². The Morgan fingerprint density at radius 3 is 1.14 bits per heavy atom. The third-order valence-corrected chi connectivity index (χ3v) is 8.77. The lowest BCUT2D eigenvalue weighted by Crippen LogP contribution is -3.00. The van der Waals surface area contributed by atoms with E-state index in [1.165, 1.54) is 86.7 Å². The van der Waals surface area contributed by atoms with Gasteiger partial charge in [-0.25, -0.2) is 0 Å². The Bertz CT molecular complexity index is 970. The largest absolute Gasteiger partial charge is 1.00 e. The van der Waals surface area contributed by atoms with Crippen LogP contribution in [-0.2, 0) is 0 Å². The van der Waals surface area contributed by atoms with Crippen LogP contribution in [0.5, 0.6) is 11.5 Å². The zero-order valence-electron chi connectivity index (χ0n) is 30.0. The van der Waals surface area contributed by atoms with Gasteiger partial charge in [0.1, 0.15) is 37.8 Å². The second kappa shape index (κ2) is 21.7. The Morgan fingerprint density at radius 2 is 0.818 bits per heavy atom. The molecule has 0 saturated carbocycles. The van der Waals surface area contributed by atoms with Gasteiger partial charge in [0.2, 0.25) is 0 Å². The molecule has 44 heavy (non-hydrogen) atoms. The van der Waals surface area contributed by atoms with Gasteiger partial charge in [-0.15, -0.1) is 0 Å². The van der Waals surface area contributed by atoms with Crippen molar-refractivity contribution in [3.05, 3.63) is 58.7 Å². The molecule has 0 aliphatic rings. The predicted molar refractivity (Wildman–Crippen MR) is 182 cm³/mol. The molecule has 254 valence electrons. The Morgan fingerprint density at radius 1 is 0.500 bits per heavy atom. The monoisotopic (exact) mass is 740 g/mol. The van der Waals surface area contributed by atoms with Gasteiger partial charge in [0.15, 0.2) is 0 Å². The maximum absolute atomic E-state index is 6.26. The lowest BCUT2D eigenvalue weighted by molar-refractivity contribution is -0.890. The molecule has 0 fully saturated rings. The average molecular weight is 743 g/mol. The number of rotatable bonds is 21. The number of benzene rings is 2. The smallest absolute Gasteiger partial charge is 0.137 e. The molecule has 0 spiro atoms. The Balaban J connectivity index is 0.00000924. The third-order valence-electron chi connectivity index (χ3n) is 8.77. The summed E-state index contributed by atoms with van der Waals surface area (Å²) in [4.78, 5) is 0. The van der Waals surface area contributed by atoms with Gasteiger partial charge in [-0.3, -0.25) is 0 Å². The van der Waals surface area contributed by atoms with Crippen LogP contribution >= 0.6 is 0 Å². The van der Waals surface area contributed by atoms with Crippen LogP contribution in [0.1, 0.15) is 113 Å². The molecular weight excluding hydrogens is 676 g/mol. The summed E-state index contributed by atoms with van der Waals surface area (Å²) in [7, 11) is 9.39. The van der Waals surface area contributed by atoms with Crippen molar-refractivity contribution < 1.29 is 52.4 Å². The lowest BCUT2D eigenvalue weighted by atomic mass is 10.0. The average Bonchev–Trinajstić information content (AvgIpc) is 2.89. The van der Waals surface area contributed by atoms with Crippen LogP contribution in [0.2, 0.25) is 0 Å². The lowest BCUT2D eigenvalue weighted by Gasteiger charge is -2.30. The van der Waals surface area contributed by atoms with E-state index >= 15 is 0 Å². The summed E-state index contributed by atoms with van der Waals surface area (Å²) >= 11 is 0. The molecule has 0 aliphatic heterocycles. The Labute approximate surface area is 293 Å². The molecule has 0 saturated heterocycles. The van der Waals surface area contributed by atoms with E-state index < -0.39 is 0 Å². The van der Waals surface area contributed by atoms with Gasteiger partial charge >= 0.3 is 0 Å². The van der Waals surface area contributed by atoms with Gasteiger partial charge in [-0.05, 0) is 85.8 Å². The van der Waals surface area contributed by atoms with Crippen LogP contribution in [-0.4, -0.2) is 76.5 Å². The molecule has 0 amide bonds. The van der Waals surface area contributed by atoms with Crippen molar-refractivity contribution in [1.29, 1.82) is 0 Å². The van der Waals surface area contributed by atoms with E-state index in [0.717, 1.165) is 46.8 Å².